The molecule has 0 aromatic rings. The maximum atomic E-state index is 12.7. The molecule has 0 radical (unpaired) electrons. The zero-order valence-corrected chi connectivity index (χ0v) is 16.4. The molecule has 1 aliphatic heterocycles. The zero-order chi connectivity index (χ0) is 21.4. The Hall–Kier alpha value is -2.34. The van der Waals surface area contributed by atoms with E-state index < -0.39 is 60.2 Å². The lowest BCUT2D eigenvalue weighted by Crippen LogP contribution is -2.57. The molecule has 0 aliphatic carbocycles. The van der Waals surface area contributed by atoms with Crippen molar-refractivity contribution in [2.75, 3.05) is 12.3 Å². The second-order valence-corrected chi connectivity index (χ2v) is 6.92. The van der Waals surface area contributed by atoms with Crippen molar-refractivity contribution in [1.29, 1.82) is 0 Å². The largest absolute Gasteiger partial charge is 0.481 e. The van der Waals surface area contributed by atoms with Crippen LogP contribution in [-0.2, 0) is 24.0 Å². The molecule has 0 saturated carbocycles. The number of rotatable bonds is 10. The number of nitrogens with two attached hydrogens (primary N) is 1. The summed E-state index contributed by atoms with van der Waals surface area (Å²) in [5.41, 5.74) is 5.48. The number of carbonyl (C=O) groups excluding carboxylic acids is 3. The van der Waals surface area contributed by atoms with Crippen LogP contribution in [0.4, 0.5) is 0 Å². The summed E-state index contributed by atoms with van der Waals surface area (Å²) >= 11 is 4.06. The van der Waals surface area contributed by atoms with E-state index in [4.69, 9.17) is 10.8 Å². The summed E-state index contributed by atoms with van der Waals surface area (Å²) in [5, 5.41) is 22.6. The van der Waals surface area contributed by atoms with Gasteiger partial charge in [0.05, 0.1) is 6.04 Å². The van der Waals surface area contributed by atoms with Gasteiger partial charge in [-0.15, -0.1) is 0 Å². The Balaban J connectivity index is 2.82. The van der Waals surface area contributed by atoms with Crippen molar-refractivity contribution in [2.45, 2.75) is 56.8 Å². The summed E-state index contributed by atoms with van der Waals surface area (Å²) < 4.78 is 0. The Morgan fingerprint density at radius 3 is 2.32 bits per heavy atom. The monoisotopic (exact) mass is 418 g/mol. The van der Waals surface area contributed by atoms with E-state index in [0.29, 0.717) is 12.8 Å². The second kappa shape index (κ2) is 10.9. The van der Waals surface area contributed by atoms with Gasteiger partial charge in [-0.25, -0.2) is 4.79 Å². The maximum absolute atomic E-state index is 12.7. The first-order valence-electron chi connectivity index (χ1n) is 8.80. The van der Waals surface area contributed by atoms with Crippen LogP contribution in [0, 0.1) is 0 Å². The van der Waals surface area contributed by atoms with E-state index in [1.807, 2.05) is 0 Å². The van der Waals surface area contributed by atoms with Crippen LogP contribution < -0.4 is 16.4 Å². The summed E-state index contributed by atoms with van der Waals surface area (Å²) in [6, 6.07) is -4.08. The predicted molar refractivity (Wildman–Crippen MR) is 101 cm³/mol. The summed E-state index contributed by atoms with van der Waals surface area (Å²) in [6.07, 6.45) is 0.150. The Morgan fingerprint density at radius 2 is 1.82 bits per heavy atom. The van der Waals surface area contributed by atoms with Crippen molar-refractivity contribution in [3.05, 3.63) is 0 Å². The smallest absolute Gasteiger partial charge is 0.326 e. The van der Waals surface area contributed by atoms with E-state index in [1.54, 1.807) is 0 Å². The number of likely N-dealkylation sites (tertiary alicyclic amines) is 1. The van der Waals surface area contributed by atoms with Crippen LogP contribution in [0.3, 0.4) is 0 Å². The van der Waals surface area contributed by atoms with E-state index in [9.17, 15) is 29.1 Å². The molecule has 4 unspecified atom stereocenters. The standard InChI is InChI=1S/C16H26N4O7S/c1-8(17)13(23)19-10(7-28)15(25)20-6-2-3-11(20)14(24)18-9(16(26)27)4-5-12(21)22/h8-11,28H,2-7,17H2,1H3,(H,18,24)(H,19,23)(H,21,22)(H,26,27). The molecule has 1 saturated heterocycles. The van der Waals surface area contributed by atoms with Gasteiger partial charge in [0.15, 0.2) is 0 Å². The molecule has 0 spiro atoms. The van der Waals surface area contributed by atoms with E-state index in [-0.39, 0.29) is 18.7 Å². The number of hydrogen-bond donors (Lipinski definition) is 6. The molecule has 3 amide bonds. The van der Waals surface area contributed by atoms with Crippen LogP contribution >= 0.6 is 12.6 Å². The second-order valence-electron chi connectivity index (χ2n) is 6.55. The van der Waals surface area contributed by atoms with Crippen LogP contribution in [0.25, 0.3) is 0 Å². The molecule has 1 aliphatic rings. The van der Waals surface area contributed by atoms with Crippen molar-refractivity contribution in [3.8, 4) is 0 Å². The number of aliphatic carboxylic acids is 2. The lowest BCUT2D eigenvalue weighted by Gasteiger charge is -2.29. The lowest BCUT2D eigenvalue weighted by atomic mass is 10.1. The third-order valence-corrected chi connectivity index (χ3v) is 4.68. The molecule has 28 heavy (non-hydrogen) atoms. The Bertz CT molecular complexity index is 628. The molecular formula is C16H26N4O7S. The quantitative estimate of drug-likeness (QED) is 0.224. The van der Waals surface area contributed by atoms with Gasteiger partial charge < -0.3 is 31.5 Å². The third kappa shape index (κ3) is 6.68. The summed E-state index contributed by atoms with van der Waals surface area (Å²) in [6.45, 7) is 1.73. The Kier molecular flexibility index (Phi) is 9.19. The molecule has 158 valence electrons. The van der Waals surface area contributed by atoms with E-state index >= 15 is 0 Å². The van der Waals surface area contributed by atoms with E-state index in [1.165, 1.54) is 11.8 Å². The van der Waals surface area contributed by atoms with Gasteiger partial charge in [-0.1, -0.05) is 0 Å². The van der Waals surface area contributed by atoms with Crippen LogP contribution in [-0.4, -0.2) is 81.2 Å². The topological polar surface area (TPSA) is 179 Å². The molecule has 1 rings (SSSR count). The third-order valence-electron chi connectivity index (χ3n) is 4.31. The first kappa shape index (κ1) is 23.7. The molecule has 1 heterocycles. The Morgan fingerprint density at radius 1 is 1.18 bits per heavy atom. The fourth-order valence-electron chi connectivity index (χ4n) is 2.78. The van der Waals surface area contributed by atoms with Gasteiger partial charge in [0.2, 0.25) is 17.7 Å². The van der Waals surface area contributed by atoms with Crippen molar-refractivity contribution >= 4 is 42.3 Å². The van der Waals surface area contributed by atoms with Crippen molar-refractivity contribution in [2.24, 2.45) is 5.73 Å². The molecule has 11 nitrogen and oxygen atoms in total. The first-order chi connectivity index (χ1) is 13.1. The highest BCUT2D eigenvalue weighted by Crippen LogP contribution is 2.19. The highest BCUT2D eigenvalue weighted by molar-refractivity contribution is 7.80. The van der Waals surface area contributed by atoms with Crippen LogP contribution in [0.15, 0.2) is 0 Å². The molecule has 0 aromatic heterocycles. The van der Waals surface area contributed by atoms with Crippen molar-refractivity contribution in [1.82, 2.24) is 15.5 Å². The minimum atomic E-state index is -1.38. The fraction of sp³-hybridized carbons (Fsp3) is 0.688. The number of hydrogen-bond acceptors (Lipinski definition) is 7. The number of nitrogens with one attached hydrogen (secondary N) is 2. The van der Waals surface area contributed by atoms with E-state index in [2.05, 4.69) is 23.3 Å². The van der Waals surface area contributed by atoms with Gasteiger partial charge in [0.1, 0.15) is 18.1 Å². The van der Waals surface area contributed by atoms with Gasteiger partial charge >= 0.3 is 11.9 Å². The number of thiol groups is 1. The summed E-state index contributed by atoms with van der Waals surface area (Å²) in [4.78, 5) is 60.2. The lowest BCUT2D eigenvalue weighted by molar-refractivity contribution is -0.145. The number of carboxylic acid groups (broad SMARTS) is 2. The van der Waals surface area contributed by atoms with Crippen LogP contribution in [0.2, 0.25) is 0 Å². The number of carboxylic acids is 2. The van der Waals surface area contributed by atoms with Crippen LogP contribution in [0.1, 0.15) is 32.6 Å². The average molecular weight is 418 g/mol. The first-order valence-corrected chi connectivity index (χ1v) is 9.44. The van der Waals surface area contributed by atoms with Gasteiger partial charge in [0.25, 0.3) is 0 Å². The number of carbonyl (C=O) groups is 5. The molecular weight excluding hydrogens is 392 g/mol. The number of nitrogens with zero attached hydrogens (tertiary/aromatic N) is 1. The van der Waals surface area contributed by atoms with Gasteiger partial charge in [-0.2, -0.15) is 12.6 Å². The number of amides is 3. The summed E-state index contributed by atoms with van der Waals surface area (Å²) in [5.74, 6) is -4.27. The normalized spacial score (nSPS) is 19.4. The average Bonchev–Trinajstić information content (AvgIpc) is 3.11. The predicted octanol–water partition coefficient (Wildman–Crippen LogP) is -1.83. The molecule has 1 fully saturated rings. The molecule has 0 aromatic carbocycles. The van der Waals surface area contributed by atoms with Crippen molar-refractivity contribution < 1.29 is 34.2 Å². The van der Waals surface area contributed by atoms with E-state index in [0.717, 1.165) is 0 Å². The molecule has 4 atom stereocenters. The SMILES string of the molecule is CC(N)C(=O)NC(CS)C(=O)N1CCCC1C(=O)NC(CCC(=O)O)C(=O)O. The van der Waals surface area contributed by atoms with Gasteiger partial charge in [-0.3, -0.25) is 19.2 Å². The van der Waals surface area contributed by atoms with Crippen LogP contribution in [0.5, 0.6) is 0 Å². The molecule has 0 bridgehead atoms. The molecule has 12 heteroatoms. The van der Waals surface area contributed by atoms with Gasteiger partial charge in [-0.05, 0) is 26.2 Å². The molecule has 6 N–H and O–H groups in total. The maximum Gasteiger partial charge on any atom is 0.326 e. The zero-order valence-electron chi connectivity index (χ0n) is 15.5. The Labute approximate surface area is 167 Å². The fourth-order valence-corrected chi connectivity index (χ4v) is 3.03. The van der Waals surface area contributed by atoms with Crippen molar-refractivity contribution in [3.63, 3.8) is 0 Å². The highest BCUT2D eigenvalue weighted by Gasteiger charge is 2.38. The minimum absolute atomic E-state index is 0.00149. The summed E-state index contributed by atoms with van der Waals surface area (Å²) in [7, 11) is 0. The highest BCUT2D eigenvalue weighted by atomic mass is 32.1. The minimum Gasteiger partial charge on any atom is -0.481 e. The van der Waals surface area contributed by atoms with Gasteiger partial charge in [0, 0.05) is 18.7 Å².